The average Bonchev–Trinajstić information content (AvgIpc) is 2.23. The normalized spacial score (nSPS) is 26.7. The first-order chi connectivity index (χ1) is 7.15. The summed E-state index contributed by atoms with van der Waals surface area (Å²) in [5.74, 6) is 0.0724. The van der Waals surface area contributed by atoms with Crippen molar-refractivity contribution in [1.82, 2.24) is 10.2 Å². The van der Waals surface area contributed by atoms with Crippen LogP contribution < -0.4 is 5.32 Å². The van der Waals surface area contributed by atoms with Gasteiger partial charge in [0, 0.05) is 6.54 Å². The molecule has 0 aromatic carbocycles. The summed E-state index contributed by atoms with van der Waals surface area (Å²) < 4.78 is 0. The van der Waals surface area contributed by atoms with Gasteiger partial charge in [-0.3, -0.25) is 9.59 Å². The Morgan fingerprint density at radius 1 is 1.20 bits per heavy atom. The van der Waals surface area contributed by atoms with E-state index in [4.69, 9.17) is 0 Å². The fourth-order valence-corrected chi connectivity index (χ4v) is 2.01. The van der Waals surface area contributed by atoms with Crippen LogP contribution in [-0.2, 0) is 9.59 Å². The van der Waals surface area contributed by atoms with Gasteiger partial charge in [-0.1, -0.05) is 20.8 Å². The maximum Gasteiger partial charge on any atom is 0.245 e. The number of nitrogens with zero attached hydrogens (tertiary/aromatic N) is 1. The highest BCUT2D eigenvalue weighted by Crippen LogP contribution is 2.14. The van der Waals surface area contributed by atoms with Crippen molar-refractivity contribution in [2.75, 3.05) is 6.54 Å². The van der Waals surface area contributed by atoms with E-state index in [0.29, 0.717) is 19.4 Å². The molecule has 2 unspecified atom stereocenters. The molecule has 1 N–H and O–H groups in total. The quantitative estimate of drug-likeness (QED) is 0.753. The van der Waals surface area contributed by atoms with Crippen molar-refractivity contribution in [1.29, 1.82) is 0 Å². The summed E-state index contributed by atoms with van der Waals surface area (Å²) in [7, 11) is 0. The molecule has 0 aromatic rings. The lowest BCUT2D eigenvalue weighted by molar-refractivity contribution is -0.149. The molecular weight excluding hydrogens is 192 g/mol. The van der Waals surface area contributed by atoms with Gasteiger partial charge >= 0.3 is 0 Å². The third-order valence-corrected chi connectivity index (χ3v) is 2.84. The molecule has 0 aromatic heterocycles. The molecule has 1 heterocycles. The van der Waals surface area contributed by atoms with Crippen LogP contribution in [0.4, 0.5) is 0 Å². The number of amides is 2. The van der Waals surface area contributed by atoms with E-state index in [1.54, 1.807) is 4.90 Å². The van der Waals surface area contributed by atoms with Gasteiger partial charge in [0.05, 0.1) is 0 Å². The minimum absolute atomic E-state index is 0.00241. The van der Waals surface area contributed by atoms with Crippen molar-refractivity contribution in [3.05, 3.63) is 0 Å². The maximum absolute atomic E-state index is 12.0. The zero-order valence-electron chi connectivity index (χ0n) is 9.75. The molecule has 1 aliphatic rings. The third kappa shape index (κ3) is 2.30. The molecule has 0 radical (unpaired) electrons. The third-order valence-electron chi connectivity index (χ3n) is 2.84. The van der Waals surface area contributed by atoms with E-state index >= 15 is 0 Å². The predicted octanol–water partition coefficient (Wildman–Crippen LogP) is 0.912. The molecule has 0 spiro atoms. The van der Waals surface area contributed by atoms with Crippen LogP contribution in [0.3, 0.4) is 0 Å². The Hall–Kier alpha value is -1.06. The number of carbonyl (C=O) groups is 2. The topological polar surface area (TPSA) is 49.4 Å². The Morgan fingerprint density at radius 2 is 1.87 bits per heavy atom. The highest BCUT2D eigenvalue weighted by molar-refractivity contribution is 5.96. The van der Waals surface area contributed by atoms with Gasteiger partial charge in [0.15, 0.2) is 0 Å². The molecule has 0 saturated carbocycles. The first-order valence-corrected chi connectivity index (χ1v) is 5.76. The van der Waals surface area contributed by atoms with E-state index in [1.165, 1.54) is 0 Å². The van der Waals surface area contributed by atoms with Crippen LogP contribution in [0, 0.1) is 0 Å². The molecule has 4 heteroatoms. The summed E-state index contributed by atoms with van der Waals surface area (Å²) in [5.41, 5.74) is 0. The fourth-order valence-electron chi connectivity index (χ4n) is 2.01. The van der Waals surface area contributed by atoms with Gasteiger partial charge in [-0.2, -0.15) is 0 Å². The van der Waals surface area contributed by atoms with E-state index in [0.717, 1.165) is 6.42 Å². The summed E-state index contributed by atoms with van der Waals surface area (Å²) in [6.07, 6.45) is 2.25. The van der Waals surface area contributed by atoms with E-state index in [9.17, 15) is 9.59 Å². The number of hydrogen-bond donors (Lipinski definition) is 1. The molecule has 86 valence electrons. The SMILES string of the molecule is CCCN1C(=O)C(CC)NC(=O)C1CC. The van der Waals surface area contributed by atoms with E-state index < -0.39 is 0 Å². The van der Waals surface area contributed by atoms with Gasteiger partial charge in [-0.05, 0) is 19.3 Å². The molecule has 4 nitrogen and oxygen atoms in total. The molecule has 2 atom stereocenters. The fraction of sp³-hybridized carbons (Fsp3) is 0.818. The average molecular weight is 212 g/mol. The van der Waals surface area contributed by atoms with Crippen molar-refractivity contribution < 1.29 is 9.59 Å². The monoisotopic (exact) mass is 212 g/mol. The van der Waals surface area contributed by atoms with Gasteiger partial charge < -0.3 is 10.2 Å². The van der Waals surface area contributed by atoms with Crippen LogP contribution in [0.2, 0.25) is 0 Å². The van der Waals surface area contributed by atoms with Crippen molar-refractivity contribution in [2.45, 2.75) is 52.1 Å². The molecule has 2 amide bonds. The van der Waals surface area contributed by atoms with Gasteiger partial charge in [0.2, 0.25) is 11.8 Å². The maximum atomic E-state index is 12.0. The van der Waals surface area contributed by atoms with Crippen molar-refractivity contribution in [3.8, 4) is 0 Å². The molecule has 1 rings (SSSR count). The number of carbonyl (C=O) groups excluding carboxylic acids is 2. The van der Waals surface area contributed by atoms with Gasteiger partial charge in [0.1, 0.15) is 12.1 Å². The Bertz CT molecular complexity index is 253. The predicted molar refractivity (Wildman–Crippen MR) is 58.3 cm³/mol. The number of piperazine rings is 1. The van der Waals surface area contributed by atoms with Gasteiger partial charge in [0.25, 0.3) is 0 Å². The van der Waals surface area contributed by atoms with Crippen molar-refractivity contribution in [2.24, 2.45) is 0 Å². The highest BCUT2D eigenvalue weighted by atomic mass is 16.2. The number of nitrogens with one attached hydrogen (secondary N) is 1. The Labute approximate surface area is 91.0 Å². The van der Waals surface area contributed by atoms with Gasteiger partial charge in [-0.15, -0.1) is 0 Å². The smallest absolute Gasteiger partial charge is 0.245 e. The molecule has 0 bridgehead atoms. The largest absolute Gasteiger partial charge is 0.343 e. The second-order valence-corrected chi connectivity index (χ2v) is 3.93. The van der Waals surface area contributed by atoms with Crippen LogP contribution in [0.25, 0.3) is 0 Å². The van der Waals surface area contributed by atoms with Crippen LogP contribution in [-0.4, -0.2) is 35.3 Å². The minimum atomic E-state index is -0.313. The second kappa shape index (κ2) is 5.14. The zero-order valence-corrected chi connectivity index (χ0v) is 9.75. The van der Waals surface area contributed by atoms with E-state index in [2.05, 4.69) is 5.32 Å². The lowest BCUT2D eigenvalue weighted by atomic mass is 10.0. The van der Waals surface area contributed by atoms with Crippen molar-refractivity contribution >= 4 is 11.8 Å². The molecule has 1 aliphatic heterocycles. The Kier molecular flexibility index (Phi) is 4.12. The van der Waals surface area contributed by atoms with E-state index in [-0.39, 0.29) is 23.9 Å². The lowest BCUT2D eigenvalue weighted by Crippen LogP contribution is -2.63. The Morgan fingerprint density at radius 3 is 2.33 bits per heavy atom. The molecular formula is C11H20N2O2. The van der Waals surface area contributed by atoms with Crippen LogP contribution in [0.15, 0.2) is 0 Å². The Balaban J connectivity index is 2.83. The summed E-state index contributed by atoms with van der Waals surface area (Å²) in [4.78, 5) is 25.4. The zero-order chi connectivity index (χ0) is 11.4. The summed E-state index contributed by atoms with van der Waals surface area (Å²) in [6, 6.07) is -0.577. The molecule has 0 aliphatic carbocycles. The first kappa shape index (κ1) is 12.0. The number of hydrogen-bond acceptors (Lipinski definition) is 2. The highest BCUT2D eigenvalue weighted by Gasteiger charge is 2.37. The molecule has 15 heavy (non-hydrogen) atoms. The van der Waals surface area contributed by atoms with Crippen molar-refractivity contribution in [3.63, 3.8) is 0 Å². The summed E-state index contributed by atoms with van der Waals surface area (Å²) >= 11 is 0. The van der Waals surface area contributed by atoms with E-state index in [1.807, 2.05) is 20.8 Å². The lowest BCUT2D eigenvalue weighted by Gasteiger charge is -2.38. The summed E-state index contributed by atoms with van der Waals surface area (Å²) in [5, 5.41) is 2.78. The first-order valence-electron chi connectivity index (χ1n) is 5.76. The van der Waals surface area contributed by atoms with Crippen LogP contribution in [0.5, 0.6) is 0 Å². The standard InChI is InChI=1S/C11H20N2O2/c1-4-7-13-9(6-3)10(14)12-8(5-2)11(13)15/h8-9H,4-7H2,1-3H3,(H,12,14). The van der Waals surface area contributed by atoms with Gasteiger partial charge in [-0.25, -0.2) is 0 Å². The van der Waals surface area contributed by atoms with Crippen LogP contribution in [0.1, 0.15) is 40.0 Å². The second-order valence-electron chi connectivity index (χ2n) is 3.93. The summed E-state index contributed by atoms with van der Waals surface area (Å²) in [6.45, 7) is 6.56. The molecule has 1 saturated heterocycles. The van der Waals surface area contributed by atoms with Crippen LogP contribution >= 0.6 is 0 Å². The molecule has 1 fully saturated rings. The minimum Gasteiger partial charge on any atom is -0.343 e. The number of rotatable bonds is 4.